The van der Waals surface area contributed by atoms with E-state index in [0.717, 1.165) is 19.3 Å². The van der Waals surface area contributed by atoms with Gasteiger partial charge in [-0.15, -0.1) is 0 Å². The molecule has 128 valence electrons. The number of unbranched alkanes of at least 4 members (excludes halogenated alkanes) is 2. The van der Waals surface area contributed by atoms with Crippen LogP contribution in [-0.4, -0.2) is 35.0 Å². The molecule has 1 aromatic heterocycles. The van der Waals surface area contributed by atoms with Crippen molar-refractivity contribution in [1.82, 2.24) is 10.1 Å². The Hall–Kier alpha value is -2.63. The highest BCUT2D eigenvalue weighted by Gasteiger charge is 2.19. The number of nitrogens with zero attached hydrogens (tertiary/aromatic N) is 2. The van der Waals surface area contributed by atoms with Crippen molar-refractivity contribution < 1.29 is 14.1 Å². The molecule has 2 amide bonds. The van der Waals surface area contributed by atoms with Crippen molar-refractivity contribution in [3.05, 3.63) is 47.7 Å². The summed E-state index contributed by atoms with van der Waals surface area (Å²) in [7, 11) is 0. The highest BCUT2D eigenvalue weighted by Crippen LogP contribution is 2.10. The second kappa shape index (κ2) is 8.86. The highest BCUT2D eigenvalue weighted by molar-refractivity contribution is 5.99. The molecular weight excluding hydrogens is 306 g/mol. The van der Waals surface area contributed by atoms with Gasteiger partial charge in [-0.3, -0.25) is 9.59 Å². The van der Waals surface area contributed by atoms with Crippen molar-refractivity contribution in [2.24, 2.45) is 0 Å². The lowest BCUT2D eigenvalue weighted by atomic mass is 10.1. The van der Waals surface area contributed by atoms with Crippen molar-refractivity contribution in [3.8, 4) is 0 Å². The van der Waals surface area contributed by atoms with Crippen molar-refractivity contribution >= 4 is 17.6 Å². The normalized spacial score (nSPS) is 10.4. The van der Waals surface area contributed by atoms with Gasteiger partial charge in [0.2, 0.25) is 5.91 Å². The number of carbonyl (C=O) groups is 2. The van der Waals surface area contributed by atoms with Gasteiger partial charge in [-0.1, -0.05) is 43.1 Å². The van der Waals surface area contributed by atoms with Crippen LogP contribution < -0.4 is 5.32 Å². The van der Waals surface area contributed by atoms with Crippen molar-refractivity contribution in [1.29, 1.82) is 0 Å². The van der Waals surface area contributed by atoms with Crippen molar-refractivity contribution in [3.63, 3.8) is 0 Å². The van der Waals surface area contributed by atoms with Crippen molar-refractivity contribution in [2.75, 3.05) is 18.4 Å². The third kappa shape index (κ3) is 5.22. The summed E-state index contributed by atoms with van der Waals surface area (Å²) in [5.74, 6) is 0.547. The van der Waals surface area contributed by atoms with Crippen LogP contribution in [0.1, 0.15) is 42.3 Å². The van der Waals surface area contributed by atoms with Crippen LogP contribution in [0.25, 0.3) is 0 Å². The van der Waals surface area contributed by atoms with Crippen LogP contribution in [0.4, 0.5) is 5.82 Å². The average molecular weight is 329 g/mol. The summed E-state index contributed by atoms with van der Waals surface area (Å²) < 4.78 is 4.92. The summed E-state index contributed by atoms with van der Waals surface area (Å²) in [6.07, 6.45) is 2.94. The first-order valence-electron chi connectivity index (χ1n) is 8.17. The minimum atomic E-state index is -0.288. The maximum Gasteiger partial charge on any atom is 0.254 e. The molecular formula is C18H23N3O3. The molecule has 1 aromatic carbocycles. The van der Waals surface area contributed by atoms with E-state index < -0.39 is 0 Å². The van der Waals surface area contributed by atoms with E-state index in [0.29, 0.717) is 23.7 Å². The Morgan fingerprint density at radius 3 is 2.58 bits per heavy atom. The molecule has 0 atom stereocenters. The Balaban J connectivity index is 2.02. The molecule has 1 heterocycles. The molecule has 2 aromatic rings. The molecule has 0 saturated heterocycles. The minimum Gasteiger partial charge on any atom is -0.360 e. The van der Waals surface area contributed by atoms with Crippen LogP contribution in [-0.2, 0) is 4.79 Å². The molecule has 6 nitrogen and oxygen atoms in total. The molecule has 6 heteroatoms. The second-order valence-corrected chi connectivity index (χ2v) is 5.67. The third-order valence-electron chi connectivity index (χ3n) is 3.57. The van der Waals surface area contributed by atoms with Gasteiger partial charge < -0.3 is 14.7 Å². The second-order valence-electron chi connectivity index (χ2n) is 5.67. The molecule has 0 aliphatic rings. The third-order valence-corrected chi connectivity index (χ3v) is 3.57. The van der Waals surface area contributed by atoms with Gasteiger partial charge in [-0.2, -0.15) is 0 Å². The lowest BCUT2D eigenvalue weighted by Crippen LogP contribution is -2.38. The number of aromatic nitrogens is 1. The smallest absolute Gasteiger partial charge is 0.254 e. The molecule has 0 fully saturated rings. The number of rotatable bonds is 8. The fraction of sp³-hybridized carbons (Fsp3) is 0.389. The Kier molecular flexibility index (Phi) is 6.54. The molecule has 0 aliphatic heterocycles. The Labute approximate surface area is 141 Å². The topological polar surface area (TPSA) is 75.4 Å². The molecule has 0 radical (unpaired) electrons. The Bertz CT molecular complexity index is 667. The van der Waals surface area contributed by atoms with E-state index in [-0.39, 0.29) is 18.4 Å². The number of carbonyl (C=O) groups excluding carboxylic acids is 2. The van der Waals surface area contributed by atoms with Crippen molar-refractivity contribution in [2.45, 2.75) is 33.1 Å². The van der Waals surface area contributed by atoms with Gasteiger partial charge in [0.1, 0.15) is 12.3 Å². The van der Waals surface area contributed by atoms with E-state index in [2.05, 4.69) is 17.4 Å². The lowest BCUT2D eigenvalue weighted by molar-refractivity contribution is -0.117. The molecule has 24 heavy (non-hydrogen) atoms. The summed E-state index contributed by atoms with van der Waals surface area (Å²) in [6, 6.07) is 10.6. The molecule has 0 bridgehead atoms. The van der Waals surface area contributed by atoms with E-state index in [1.807, 2.05) is 18.2 Å². The van der Waals surface area contributed by atoms with Gasteiger partial charge in [-0.05, 0) is 25.5 Å². The summed E-state index contributed by atoms with van der Waals surface area (Å²) in [4.78, 5) is 26.4. The summed E-state index contributed by atoms with van der Waals surface area (Å²) >= 11 is 0. The van der Waals surface area contributed by atoms with Gasteiger partial charge in [0, 0.05) is 18.2 Å². The fourth-order valence-electron chi connectivity index (χ4n) is 2.35. The van der Waals surface area contributed by atoms with Crippen LogP contribution in [0, 0.1) is 6.92 Å². The number of aryl methyl sites for hydroxylation is 1. The SMILES string of the molecule is CCCCCN(CC(=O)Nc1cc(C)on1)C(=O)c1ccccc1. The molecule has 1 N–H and O–H groups in total. The van der Waals surface area contributed by atoms with Crippen LogP contribution >= 0.6 is 0 Å². The molecule has 2 rings (SSSR count). The zero-order valence-corrected chi connectivity index (χ0v) is 14.1. The van der Waals surface area contributed by atoms with Gasteiger partial charge >= 0.3 is 0 Å². The zero-order chi connectivity index (χ0) is 17.4. The van der Waals surface area contributed by atoms with E-state index in [9.17, 15) is 9.59 Å². The maximum absolute atomic E-state index is 12.6. The van der Waals surface area contributed by atoms with Gasteiger partial charge in [0.15, 0.2) is 5.82 Å². The van der Waals surface area contributed by atoms with Crippen LogP contribution in [0.15, 0.2) is 40.9 Å². The summed E-state index contributed by atoms with van der Waals surface area (Å²) in [5, 5.41) is 6.38. The maximum atomic E-state index is 12.6. The Morgan fingerprint density at radius 1 is 1.21 bits per heavy atom. The van der Waals surface area contributed by atoms with E-state index >= 15 is 0 Å². The van der Waals surface area contributed by atoms with Crippen LogP contribution in [0.2, 0.25) is 0 Å². The highest BCUT2D eigenvalue weighted by atomic mass is 16.5. The summed E-state index contributed by atoms with van der Waals surface area (Å²) in [5.41, 5.74) is 0.582. The predicted octanol–water partition coefficient (Wildman–Crippen LogP) is 3.25. The van der Waals surface area contributed by atoms with Gasteiger partial charge in [-0.25, -0.2) is 0 Å². The molecule has 0 aliphatic carbocycles. The van der Waals surface area contributed by atoms with E-state index in [4.69, 9.17) is 4.52 Å². The molecule has 0 saturated carbocycles. The first-order chi connectivity index (χ1) is 11.6. The molecule has 0 unspecified atom stereocenters. The quantitative estimate of drug-likeness (QED) is 0.754. The first-order valence-corrected chi connectivity index (χ1v) is 8.17. The first kappa shape index (κ1) is 17.7. The van der Waals surface area contributed by atoms with E-state index in [1.54, 1.807) is 30.0 Å². The largest absolute Gasteiger partial charge is 0.360 e. The van der Waals surface area contributed by atoms with Crippen LogP contribution in [0.3, 0.4) is 0 Å². The molecule has 0 spiro atoms. The zero-order valence-electron chi connectivity index (χ0n) is 14.1. The standard InChI is InChI=1S/C18H23N3O3/c1-3-4-8-11-21(18(23)15-9-6-5-7-10-15)13-17(22)19-16-12-14(2)24-20-16/h5-7,9-10,12H,3-4,8,11,13H2,1-2H3,(H,19,20,22). The lowest BCUT2D eigenvalue weighted by Gasteiger charge is -2.22. The van der Waals surface area contributed by atoms with Gasteiger partial charge in [0.05, 0.1) is 0 Å². The Morgan fingerprint density at radius 2 is 1.96 bits per heavy atom. The fourth-order valence-corrected chi connectivity index (χ4v) is 2.35. The minimum absolute atomic E-state index is 0.0106. The number of amides is 2. The van der Waals surface area contributed by atoms with Crippen LogP contribution in [0.5, 0.6) is 0 Å². The number of hydrogen-bond acceptors (Lipinski definition) is 4. The number of nitrogens with one attached hydrogen (secondary N) is 1. The number of hydrogen-bond donors (Lipinski definition) is 1. The number of anilines is 1. The monoisotopic (exact) mass is 329 g/mol. The van der Waals surface area contributed by atoms with E-state index in [1.165, 1.54) is 0 Å². The van der Waals surface area contributed by atoms with Gasteiger partial charge in [0.25, 0.3) is 5.91 Å². The predicted molar refractivity (Wildman–Crippen MR) is 91.7 cm³/mol. The number of benzene rings is 1. The average Bonchev–Trinajstić information content (AvgIpc) is 2.99. The summed E-state index contributed by atoms with van der Waals surface area (Å²) in [6.45, 7) is 4.39.